The van der Waals surface area contributed by atoms with Crippen LogP contribution in [0.25, 0.3) is 0 Å². The molecule has 0 saturated heterocycles. The van der Waals surface area contributed by atoms with Gasteiger partial charge in [-0.1, -0.05) is 40.2 Å². The summed E-state index contributed by atoms with van der Waals surface area (Å²) in [6.45, 7) is 0. The molecule has 20 heavy (non-hydrogen) atoms. The van der Waals surface area contributed by atoms with Crippen LogP contribution in [0, 0.1) is 0 Å². The zero-order chi connectivity index (χ0) is 14.1. The van der Waals surface area contributed by atoms with Crippen molar-refractivity contribution < 1.29 is 19.4 Å². The molecule has 2 unspecified atom stereocenters. The zero-order valence-electron chi connectivity index (χ0n) is 10.3. The molecule has 0 fully saturated rings. The van der Waals surface area contributed by atoms with Crippen LogP contribution in [0.4, 0.5) is 0 Å². The number of para-hydroxylation sites is 2. The highest BCUT2D eigenvalue weighted by molar-refractivity contribution is 9.10. The van der Waals surface area contributed by atoms with Crippen LogP contribution in [0.3, 0.4) is 0 Å². The van der Waals surface area contributed by atoms with E-state index < -0.39 is 18.2 Å². The minimum absolute atomic E-state index is 0.450. The number of carboxylic acids is 1. The fourth-order valence-corrected chi connectivity index (χ4v) is 2.57. The minimum Gasteiger partial charge on any atom is -0.478 e. The Kier molecular flexibility index (Phi) is 3.36. The zero-order valence-corrected chi connectivity index (χ0v) is 11.9. The lowest BCUT2D eigenvalue weighted by Gasteiger charge is -2.31. The van der Waals surface area contributed by atoms with E-state index in [1.807, 2.05) is 30.3 Å². The van der Waals surface area contributed by atoms with Gasteiger partial charge in [-0.3, -0.25) is 0 Å². The highest BCUT2D eigenvalue weighted by atomic mass is 79.9. The number of fused-ring (bicyclic) bond motifs is 1. The first-order valence-corrected chi connectivity index (χ1v) is 6.85. The number of benzene rings is 2. The maximum atomic E-state index is 11.4. The number of aliphatic carboxylic acids is 1. The number of rotatable bonds is 2. The summed E-state index contributed by atoms with van der Waals surface area (Å²) in [6.07, 6.45) is -1.75. The molecule has 2 aromatic rings. The van der Waals surface area contributed by atoms with Gasteiger partial charge in [0.15, 0.2) is 17.6 Å². The Bertz CT molecular complexity index is 656. The van der Waals surface area contributed by atoms with E-state index in [-0.39, 0.29) is 0 Å². The predicted molar refractivity (Wildman–Crippen MR) is 76.0 cm³/mol. The van der Waals surface area contributed by atoms with E-state index in [2.05, 4.69) is 15.9 Å². The van der Waals surface area contributed by atoms with Gasteiger partial charge in [0.1, 0.15) is 0 Å². The van der Waals surface area contributed by atoms with Crippen molar-refractivity contribution in [2.45, 2.75) is 12.2 Å². The van der Waals surface area contributed by atoms with Gasteiger partial charge in [-0.05, 0) is 29.8 Å². The highest BCUT2D eigenvalue weighted by Gasteiger charge is 2.38. The Morgan fingerprint density at radius 1 is 1.05 bits per heavy atom. The molecule has 1 aliphatic rings. The first-order valence-electron chi connectivity index (χ1n) is 6.06. The van der Waals surface area contributed by atoms with Gasteiger partial charge in [-0.25, -0.2) is 4.79 Å². The number of halogens is 1. The smallest absolute Gasteiger partial charge is 0.349 e. The fraction of sp³-hybridized carbons (Fsp3) is 0.133. The summed E-state index contributed by atoms with van der Waals surface area (Å²) in [4.78, 5) is 11.4. The van der Waals surface area contributed by atoms with Crippen LogP contribution in [0.2, 0.25) is 0 Å². The molecule has 3 rings (SSSR count). The number of carboxylic acid groups (broad SMARTS) is 1. The number of ether oxygens (including phenoxy) is 2. The summed E-state index contributed by atoms with van der Waals surface area (Å²) in [5, 5.41) is 9.35. The second-order valence-corrected chi connectivity index (χ2v) is 5.33. The molecular formula is C15H11BrO4. The second kappa shape index (κ2) is 5.17. The van der Waals surface area contributed by atoms with E-state index >= 15 is 0 Å². The minimum atomic E-state index is -1.07. The van der Waals surface area contributed by atoms with Gasteiger partial charge in [-0.2, -0.15) is 0 Å². The molecule has 2 aromatic carbocycles. The van der Waals surface area contributed by atoms with Gasteiger partial charge < -0.3 is 14.6 Å². The molecule has 0 amide bonds. The maximum absolute atomic E-state index is 11.4. The summed E-state index contributed by atoms with van der Waals surface area (Å²) in [5.74, 6) is -0.0504. The van der Waals surface area contributed by atoms with Crippen LogP contribution < -0.4 is 9.47 Å². The second-order valence-electron chi connectivity index (χ2n) is 4.42. The third-order valence-corrected chi connectivity index (χ3v) is 3.55. The van der Waals surface area contributed by atoms with Crippen molar-refractivity contribution in [2.24, 2.45) is 0 Å². The molecule has 1 aliphatic heterocycles. The van der Waals surface area contributed by atoms with Gasteiger partial charge >= 0.3 is 5.97 Å². The molecular weight excluding hydrogens is 324 g/mol. The van der Waals surface area contributed by atoms with E-state index in [1.54, 1.807) is 18.2 Å². The van der Waals surface area contributed by atoms with Crippen molar-refractivity contribution in [3.05, 3.63) is 58.6 Å². The monoisotopic (exact) mass is 334 g/mol. The van der Waals surface area contributed by atoms with Gasteiger partial charge in [0.05, 0.1) is 0 Å². The molecule has 1 heterocycles. The molecule has 5 heteroatoms. The first kappa shape index (κ1) is 13.0. The molecule has 102 valence electrons. The largest absolute Gasteiger partial charge is 0.478 e. The summed E-state index contributed by atoms with van der Waals surface area (Å²) < 4.78 is 12.2. The predicted octanol–water partition coefficient (Wildman–Crippen LogP) is 3.41. The quantitative estimate of drug-likeness (QED) is 0.914. The van der Waals surface area contributed by atoms with E-state index in [1.165, 1.54) is 0 Å². The van der Waals surface area contributed by atoms with Crippen LogP contribution >= 0.6 is 15.9 Å². The summed E-state index contributed by atoms with van der Waals surface area (Å²) in [7, 11) is 0. The van der Waals surface area contributed by atoms with E-state index in [0.29, 0.717) is 11.5 Å². The molecule has 0 saturated carbocycles. The molecule has 4 nitrogen and oxygen atoms in total. The Morgan fingerprint density at radius 3 is 2.40 bits per heavy atom. The summed E-state index contributed by atoms with van der Waals surface area (Å²) >= 11 is 3.37. The third kappa shape index (κ3) is 2.36. The highest BCUT2D eigenvalue weighted by Crippen LogP contribution is 2.39. The maximum Gasteiger partial charge on any atom is 0.349 e. The fourth-order valence-electron chi connectivity index (χ4n) is 2.15. The van der Waals surface area contributed by atoms with Gasteiger partial charge in [0.2, 0.25) is 6.10 Å². The van der Waals surface area contributed by atoms with Crippen molar-refractivity contribution in [2.75, 3.05) is 0 Å². The standard InChI is InChI=1S/C15H11BrO4/c16-10-5-3-4-9(8-10)13-14(15(17)18)20-12-7-2-1-6-11(12)19-13/h1-8,13-14H,(H,17,18). The first-order chi connectivity index (χ1) is 9.65. The lowest BCUT2D eigenvalue weighted by molar-refractivity contribution is -0.151. The number of hydrogen-bond donors (Lipinski definition) is 1. The van der Waals surface area contributed by atoms with Crippen molar-refractivity contribution in [3.63, 3.8) is 0 Å². The molecule has 1 N–H and O–H groups in total. The Hall–Kier alpha value is -2.01. The Labute approximate surface area is 124 Å². The van der Waals surface area contributed by atoms with Gasteiger partial charge in [-0.15, -0.1) is 0 Å². The van der Waals surface area contributed by atoms with E-state index in [4.69, 9.17) is 9.47 Å². The molecule has 0 aromatic heterocycles. The molecule has 2 atom stereocenters. The number of carbonyl (C=O) groups is 1. The molecule has 0 radical (unpaired) electrons. The Morgan fingerprint density at radius 2 is 1.75 bits per heavy atom. The average Bonchev–Trinajstić information content (AvgIpc) is 2.46. The van der Waals surface area contributed by atoms with E-state index in [9.17, 15) is 9.90 Å². The van der Waals surface area contributed by atoms with Crippen LogP contribution in [-0.2, 0) is 4.79 Å². The van der Waals surface area contributed by atoms with Crippen molar-refractivity contribution in [3.8, 4) is 11.5 Å². The lowest BCUT2D eigenvalue weighted by Crippen LogP contribution is -2.39. The van der Waals surface area contributed by atoms with E-state index in [0.717, 1.165) is 10.0 Å². The van der Waals surface area contributed by atoms with Crippen molar-refractivity contribution >= 4 is 21.9 Å². The SMILES string of the molecule is O=C(O)C1Oc2ccccc2OC1c1cccc(Br)c1. The summed E-state index contributed by atoms with van der Waals surface area (Å²) in [5.41, 5.74) is 0.751. The molecule has 0 spiro atoms. The van der Waals surface area contributed by atoms with Crippen molar-refractivity contribution in [1.29, 1.82) is 0 Å². The summed E-state index contributed by atoms with van der Waals surface area (Å²) in [6, 6.07) is 14.4. The van der Waals surface area contributed by atoms with Crippen molar-refractivity contribution in [1.82, 2.24) is 0 Å². The topological polar surface area (TPSA) is 55.8 Å². The van der Waals surface area contributed by atoms with Crippen LogP contribution in [-0.4, -0.2) is 17.2 Å². The normalized spacial score (nSPS) is 20.4. The van der Waals surface area contributed by atoms with Gasteiger partial charge in [0.25, 0.3) is 0 Å². The average molecular weight is 335 g/mol. The number of hydrogen-bond acceptors (Lipinski definition) is 3. The lowest BCUT2D eigenvalue weighted by atomic mass is 10.0. The molecule has 0 aliphatic carbocycles. The van der Waals surface area contributed by atoms with Gasteiger partial charge in [0, 0.05) is 4.47 Å². The molecule has 0 bridgehead atoms. The van der Waals surface area contributed by atoms with Crippen LogP contribution in [0.5, 0.6) is 11.5 Å². The van der Waals surface area contributed by atoms with Crippen LogP contribution in [0.1, 0.15) is 11.7 Å². The third-order valence-electron chi connectivity index (χ3n) is 3.05. The van der Waals surface area contributed by atoms with Crippen LogP contribution in [0.15, 0.2) is 53.0 Å². The Balaban J connectivity index is 2.02.